The van der Waals surface area contributed by atoms with Crippen molar-refractivity contribution >= 4 is 21.7 Å². The molecule has 0 amide bonds. The van der Waals surface area contributed by atoms with Crippen LogP contribution >= 0.6 is 15.9 Å². The number of benzene rings is 1. The highest BCUT2D eigenvalue weighted by Gasteiger charge is 2.12. The molecule has 1 aromatic heterocycles. The third-order valence-corrected chi connectivity index (χ3v) is 3.04. The molecule has 0 unspecified atom stereocenters. The van der Waals surface area contributed by atoms with Gasteiger partial charge in [-0.3, -0.25) is 9.48 Å². The molecule has 17 heavy (non-hydrogen) atoms. The normalized spacial score (nSPS) is 10.5. The minimum absolute atomic E-state index is 0.135. The van der Waals surface area contributed by atoms with Crippen LogP contribution in [0.1, 0.15) is 15.9 Å². The molecule has 5 heteroatoms. The molecule has 1 heterocycles. The van der Waals surface area contributed by atoms with Gasteiger partial charge in [-0.25, -0.2) is 4.39 Å². The Labute approximate surface area is 106 Å². The zero-order chi connectivity index (χ0) is 12.4. The maximum absolute atomic E-state index is 13.1. The Hall–Kier alpha value is -1.49. The van der Waals surface area contributed by atoms with Gasteiger partial charge in [0.2, 0.25) is 0 Å². The second-order valence-electron chi connectivity index (χ2n) is 3.75. The zero-order valence-corrected chi connectivity index (χ0v) is 10.7. The van der Waals surface area contributed by atoms with Gasteiger partial charge in [-0.1, -0.05) is 15.9 Å². The van der Waals surface area contributed by atoms with Gasteiger partial charge in [0.1, 0.15) is 5.82 Å². The number of aromatic nitrogens is 2. The number of ketones is 1. The first-order valence-corrected chi connectivity index (χ1v) is 5.81. The van der Waals surface area contributed by atoms with E-state index in [1.54, 1.807) is 24.1 Å². The Kier molecular flexibility index (Phi) is 3.38. The highest BCUT2D eigenvalue weighted by atomic mass is 79.9. The van der Waals surface area contributed by atoms with Crippen LogP contribution in [0.25, 0.3) is 0 Å². The SMILES string of the molecule is Cn1cc(CC(=O)c2cc(F)ccc2Br)cn1. The van der Waals surface area contributed by atoms with Crippen LogP contribution in [0, 0.1) is 5.82 Å². The number of hydrogen-bond acceptors (Lipinski definition) is 2. The fraction of sp³-hybridized carbons (Fsp3) is 0.167. The van der Waals surface area contributed by atoms with E-state index in [0.717, 1.165) is 5.56 Å². The molecule has 0 fully saturated rings. The van der Waals surface area contributed by atoms with E-state index >= 15 is 0 Å². The van der Waals surface area contributed by atoms with Crippen molar-refractivity contribution in [1.29, 1.82) is 0 Å². The first-order valence-electron chi connectivity index (χ1n) is 5.02. The summed E-state index contributed by atoms with van der Waals surface area (Å²) in [6, 6.07) is 4.08. The summed E-state index contributed by atoms with van der Waals surface area (Å²) in [4.78, 5) is 12.0. The molecule has 0 aliphatic heterocycles. The fourth-order valence-electron chi connectivity index (χ4n) is 1.55. The van der Waals surface area contributed by atoms with Crippen LogP contribution in [0.2, 0.25) is 0 Å². The van der Waals surface area contributed by atoms with Crippen molar-refractivity contribution in [2.24, 2.45) is 7.05 Å². The van der Waals surface area contributed by atoms with Crippen LogP contribution in [-0.4, -0.2) is 15.6 Å². The van der Waals surface area contributed by atoms with Gasteiger partial charge in [-0.05, 0) is 23.8 Å². The number of nitrogens with zero attached hydrogens (tertiary/aromatic N) is 2. The van der Waals surface area contributed by atoms with Crippen molar-refractivity contribution in [3.05, 3.63) is 52.0 Å². The average molecular weight is 297 g/mol. The topological polar surface area (TPSA) is 34.9 Å². The van der Waals surface area contributed by atoms with Gasteiger partial charge in [-0.2, -0.15) is 5.10 Å². The maximum atomic E-state index is 13.1. The lowest BCUT2D eigenvalue weighted by Gasteiger charge is -2.02. The molecular formula is C12H10BrFN2O. The Morgan fingerprint density at radius 3 is 2.94 bits per heavy atom. The van der Waals surface area contributed by atoms with Crippen LogP contribution in [0.3, 0.4) is 0 Å². The van der Waals surface area contributed by atoms with Crippen LogP contribution < -0.4 is 0 Å². The van der Waals surface area contributed by atoms with Gasteiger partial charge in [0.05, 0.1) is 6.20 Å². The van der Waals surface area contributed by atoms with Crippen LogP contribution in [-0.2, 0) is 13.5 Å². The highest BCUT2D eigenvalue weighted by molar-refractivity contribution is 9.10. The molecule has 0 aliphatic rings. The molecule has 0 spiro atoms. The van der Waals surface area contributed by atoms with Crippen molar-refractivity contribution in [2.75, 3.05) is 0 Å². The molecule has 0 aliphatic carbocycles. The van der Waals surface area contributed by atoms with Crippen molar-refractivity contribution in [1.82, 2.24) is 9.78 Å². The molecule has 0 N–H and O–H groups in total. The van der Waals surface area contributed by atoms with Gasteiger partial charge in [0.25, 0.3) is 0 Å². The van der Waals surface area contributed by atoms with Crippen molar-refractivity contribution < 1.29 is 9.18 Å². The smallest absolute Gasteiger partial charge is 0.168 e. The molecule has 0 radical (unpaired) electrons. The molecular weight excluding hydrogens is 287 g/mol. The lowest BCUT2D eigenvalue weighted by molar-refractivity contribution is 0.0992. The van der Waals surface area contributed by atoms with E-state index in [0.29, 0.717) is 10.0 Å². The van der Waals surface area contributed by atoms with E-state index in [-0.39, 0.29) is 12.2 Å². The average Bonchev–Trinajstić information content (AvgIpc) is 2.67. The lowest BCUT2D eigenvalue weighted by Crippen LogP contribution is -2.04. The van der Waals surface area contributed by atoms with Gasteiger partial charge >= 0.3 is 0 Å². The summed E-state index contributed by atoms with van der Waals surface area (Å²) in [5.74, 6) is -0.549. The number of carbonyl (C=O) groups is 1. The Morgan fingerprint density at radius 2 is 2.29 bits per heavy atom. The number of hydrogen-bond donors (Lipinski definition) is 0. The Morgan fingerprint density at radius 1 is 1.53 bits per heavy atom. The standard InChI is InChI=1S/C12H10BrFN2O/c1-16-7-8(6-15-16)4-12(17)10-5-9(14)2-3-11(10)13/h2-3,5-7H,4H2,1H3. The summed E-state index contributed by atoms with van der Waals surface area (Å²) < 4.78 is 15.3. The van der Waals surface area contributed by atoms with E-state index in [1.807, 2.05) is 0 Å². The molecule has 2 aromatic rings. The summed E-state index contributed by atoms with van der Waals surface area (Å²) in [5.41, 5.74) is 1.17. The largest absolute Gasteiger partial charge is 0.294 e. The molecule has 1 aromatic carbocycles. The molecule has 0 saturated heterocycles. The minimum atomic E-state index is -0.414. The summed E-state index contributed by atoms with van der Waals surface area (Å²) in [6.45, 7) is 0. The van der Waals surface area contributed by atoms with E-state index in [1.165, 1.54) is 18.2 Å². The predicted molar refractivity (Wildman–Crippen MR) is 65.3 cm³/mol. The lowest BCUT2D eigenvalue weighted by atomic mass is 10.1. The van der Waals surface area contributed by atoms with Crippen molar-refractivity contribution in [3.8, 4) is 0 Å². The number of aryl methyl sites for hydroxylation is 1. The van der Waals surface area contributed by atoms with Crippen LogP contribution in [0.5, 0.6) is 0 Å². The van der Waals surface area contributed by atoms with E-state index < -0.39 is 5.82 Å². The highest BCUT2D eigenvalue weighted by Crippen LogP contribution is 2.19. The van der Waals surface area contributed by atoms with Crippen molar-refractivity contribution in [3.63, 3.8) is 0 Å². The van der Waals surface area contributed by atoms with E-state index in [2.05, 4.69) is 21.0 Å². The minimum Gasteiger partial charge on any atom is -0.294 e. The van der Waals surface area contributed by atoms with Crippen LogP contribution in [0.4, 0.5) is 4.39 Å². The predicted octanol–water partition coefficient (Wildman–Crippen LogP) is 2.75. The first kappa shape index (κ1) is 12.0. The molecule has 88 valence electrons. The third kappa shape index (κ3) is 2.79. The third-order valence-electron chi connectivity index (χ3n) is 2.35. The second-order valence-corrected chi connectivity index (χ2v) is 4.60. The van der Waals surface area contributed by atoms with Crippen LogP contribution in [0.15, 0.2) is 35.1 Å². The van der Waals surface area contributed by atoms with E-state index in [9.17, 15) is 9.18 Å². The fourth-order valence-corrected chi connectivity index (χ4v) is 2.02. The Bertz CT molecular complexity index is 565. The van der Waals surface area contributed by atoms with E-state index in [4.69, 9.17) is 0 Å². The van der Waals surface area contributed by atoms with Gasteiger partial charge < -0.3 is 0 Å². The molecule has 2 rings (SSSR count). The summed E-state index contributed by atoms with van der Waals surface area (Å²) in [6.07, 6.45) is 3.62. The van der Waals surface area contributed by atoms with Crippen molar-refractivity contribution in [2.45, 2.75) is 6.42 Å². The molecule has 0 saturated carbocycles. The van der Waals surface area contributed by atoms with Gasteiger partial charge in [-0.15, -0.1) is 0 Å². The summed E-state index contributed by atoms with van der Waals surface area (Å²) in [7, 11) is 1.78. The molecule has 0 atom stereocenters. The number of carbonyl (C=O) groups excluding carboxylic acids is 1. The monoisotopic (exact) mass is 296 g/mol. The molecule has 0 bridgehead atoms. The first-order chi connectivity index (χ1) is 8.06. The maximum Gasteiger partial charge on any atom is 0.168 e. The zero-order valence-electron chi connectivity index (χ0n) is 9.15. The number of rotatable bonds is 3. The molecule has 3 nitrogen and oxygen atoms in total. The summed E-state index contributed by atoms with van der Waals surface area (Å²) >= 11 is 3.24. The Balaban J connectivity index is 2.22. The number of Topliss-reactive ketones (excluding diaryl/α,β-unsaturated/α-hetero) is 1. The number of halogens is 2. The van der Waals surface area contributed by atoms with Gasteiger partial charge in [0.15, 0.2) is 5.78 Å². The van der Waals surface area contributed by atoms with Gasteiger partial charge in [0, 0.05) is 29.7 Å². The summed E-state index contributed by atoms with van der Waals surface area (Å²) in [5, 5.41) is 3.98. The second kappa shape index (κ2) is 4.79. The quantitative estimate of drug-likeness (QED) is 0.817.